The molecule has 0 saturated carbocycles. The molecule has 0 aromatic heterocycles. The van der Waals surface area contributed by atoms with E-state index in [0.29, 0.717) is 35.2 Å². The molecule has 0 aliphatic carbocycles. The Hall–Kier alpha value is -3.19. The lowest BCUT2D eigenvalue weighted by Gasteiger charge is -2.36. The van der Waals surface area contributed by atoms with Gasteiger partial charge in [-0.2, -0.15) is 0 Å². The van der Waals surface area contributed by atoms with E-state index in [1.165, 1.54) is 20.3 Å². The number of para-hydroxylation sites is 1. The fourth-order valence-electron chi connectivity index (χ4n) is 3.39. The van der Waals surface area contributed by atoms with E-state index < -0.39 is 0 Å². The van der Waals surface area contributed by atoms with E-state index in [4.69, 9.17) is 21.1 Å². The molecule has 0 bridgehead atoms. The van der Waals surface area contributed by atoms with Gasteiger partial charge in [-0.3, -0.25) is 9.59 Å². The molecule has 1 saturated heterocycles. The summed E-state index contributed by atoms with van der Waals surface area (Å²) in [5.74, 6) is 0.453. The largest absolute Gasteiger partial charge is 0.493 e. The zero-order valence-electron chi connectivity index (χ0n) is 17.6. The van der Waals surface area contributed by atoms with Crippen LogP contribution in [0.1, 0.15) is 5.56 Å². The normalized spacial score (nSPS) is 13.9. The number of halogens is 1. The Bertz CT molecular complexity index is 941. The summed E-state index contributed by atoms with van der Waals surface area (Å²) in [5.41, 5.74) is 1.84. The molecule has 0 radical (unpaired) electrons. The number of ether oxygens (including phenoxy) is 2. The Kier molecular flexibility index (Phi) is 7.78. The average molecular weight is 444 g/mol. The first-order chi connectivity index (χ1) is 15.0. The number of hydrogen-bond acceptors (Lipinski definition) is 5. The van der Waals surface area contributed by atoms with Crippen LogP contribution in [0.15, 0.2) is 48.5 Å². The standard InChI is InChI=1S/C23H26ClN3O4/c1-30-20-15-17(14-19(24)23(20)31-2)8-9-21(28)25-16-22(29)27-12-10-26(11-13-27)18-6-4-3-5-7-18/h3-9,14-15H,10-13,16H2,1-2H3,(H,25,28)/b9-8+. The van der Waals surface area contributed by atoms with Crippen LogP contribution in [0.3, 0.4) is 0 Å². The highest BCUT2D eigenvalue weighted by molar-refractivity contribution is 6.32. The van der Waals surface area contributed by atoms with Crippen LogP contribution in [0, 0.1) is 0 Å². The molecule has 3 rings (SSSR count). The highest BCUT2D eigenvalue weighted by Crippen LogP contribution is 2.36. The molecule has 1 N–H and O–H groups in total. The zero-order chi connectivity index (χ0) is 22.2. The Morgan fingerprint density at radius 2 is 1.77 bits per heavy atom. The summed E-state index contributed by atoms with van der Waals surface area (Å²) >= 11 is 6.17. The summed E-state index contributed by atoms with van der Waals surface area (Å²) in [6, 6.07) is 13.5. The van der Waals surface area contributed by atoms with E-state index in [0.717, 1.165) is 18.8 Å². The quantitative estimate of drug-likeness (QED) is 0.666. The molecule has 31 heavy (non-hydrogen) atoms. The molecule has 2 aromatic carbocycles. The van der Waals surface area contributed by atoms with Gasteiger partial charge in [0.15, 0.2) is 11.5 Å². The molecular weight excluding hydrogens is 418 g/mol. The van der Waals surface area contributed by atoms with Crippen molar-refractivity contribution in [3.05, 3.63) is 59.1 Å². The van der Waals surface area contributed by atoms with E-state index in [9.17, 15) is 9.59 Å². The van der Waals surface area contributed by atoms with Crippen LogP contribution in [0.5, 0.6) is 11.5 Å². The summed E-state index contributed by atoms with van der Waals surface area (Å²) in [6.45, 7) is 2.75. The monoisotopic (exact) mass is 443 g/mol. The van der Waals surface area contributed by atoms with Crippen molar-refractivity contribution >= 4 is 35.2 Å². The fraction of sp³-hybridized carbons (Fsp3) is 0.304. The van der Waals surface area contributed by atoms with Crippen LogP contribution in [-0.2, 0) is 9.59 Å². The van der Waals surface area contributed by atoms with Gasteiger partial charge in [0.25, 0.3) is 0 Å². The van der Waals surface area contributed by atoms with Crippen molar-refractivity contribution in [3.8, 4) is 11.5 Å². The van der Waals surface area contributed by atoms with Crippen molar-refractivity contribution in [1.29, 1.82) is 0 Å². The lowest BCUT2D eigenvalue weighted by molar-refractivity contribution is -0.132. The number of piperazine rings is 1. The number of nitrogens with one attached hydrogen (secondary N) is 1. The fourth-order valence-corrected chi connectivity index (χ4v) is 3.69. The maximum absolute atomic E-state index is 12.4. The van der Waals surface area contributed by atoms with Gasteiger partial charge in [-0.25, -0.2) is 0 Å². The minimum absolute atomic E-state index is 0.0405. The Morgan fingerprint density at radius 1 is 1.06 bits per heavy atom. The predicted molar refractivity (Wildman–Crippen MR) is 122 cm³/mol. The van der Waals surface area contributed by atoms with Crippen LogP contribution >= 0.6 is 11.6 Å². The van der Waals surface area contributed by atoms with E-state index in [1.807, 2.05) is 18.2 Å². The van der Waals surface area contributed by atoms with Gasteiger partial charge in [0.1, 0.15) is 0 Å². The summed E-state index contributed by atoms with van der Waals surface area (Å²) < 4.78 is 10.4. The van der Waals surface area contributed by atoms with Crippen molar-refractivity contribution in [2.75, 3.05) is 51.8 Å². The van der Waals surface area contributed by atoms with Crippen molar-refractivity contribution in [2.45, 2.75) is 0 Å². The molecule has 7 nitrogen and oxygen atoms in total. The SMILES string of the molecule is COc1cc(/C=C/C(=O)NCC(=O)N2CCN(c3ccccc3)CC2)cc(Cl)c1OC. The lowest BCUT2D eigenvalue weighted by Crippen LogP contribution is -2.51. The van der Waals surface area contributed by atoms with Gasteiger partial charge in [0.2, 0.25) is 11.8 Å². The first kappa shape index (κ1) is 22.5. The van der Waals surface area contributed by atoms with E-state index in [-0.39, 0.29) is 18.4 Å². The van der Waals surface area contributed by atoms with Gasteiger partial charge in [-0.05, 0) is 35.9 Å². The number of methoxy groups -OCH3 is 2. The second-order valence-electron chi connectivity index (χ2n) is 6.99. The van der Waals surface area contributed by atoms with Crippen molar-refractivity contribution in [2.24, 2.45) is 0 Å². The Labute approximate surface area is 187 Å². The van der Waals surface area contributed by atoms with E-state index in [2.05, 4.69) is 22.3 Å². The topological polar surface area (TPSA) is 71.1 Å². The molecule has 8 heteroatoms. The van der Waals surface area contributed by atoms with Crippen LogP contribution in [0.2, 0.25) is 5.02 Å². The zero-order valence-corrected chi connectivity index (χ0v) is 18.4. The van der Waals surface area contributed by atoms with Crippen molar-refractivity contribution in [1.82, 2.24) is 10.2 Å². The average Bonchev–Trinajstić information content (AvgIpc) is 2.81. The summed E-state index contributed by atoms with van der Waals surface area (Å²) in [5, 5.41) is 3.02. The summed E-state index contributed by atoms with van der Waals surface area (Å²) in [4.78, 5) is 28.6. The van der Waals surface area contributed by atoms with Crippen LogP contribution in [0.25, 0.3) is 6.08 Å². The molecule has 1 heterocycles. The van der Waals surface area contributed by atoms with Gasteiger partial charge in [0, 0.05) is 37.9 Å². The van der Waals surface area contributed by atoms with Gasteiger partial charge in [-0.1, -0.05) is 29.8 Å². The van der Waals surface area contributed by atoms with Crippen molar-refractivity contribution < 1.29 is 19.1 Å². The molecule has 164 valence electrons. The van der Waals surface area contributed by atoms with Gasteiger partial charge >= 0.3 is 0 Å². The predicted octanol–water partition coefficient (Wildman–Crippen LogP) is 2.84. The maximum Gasteiger partial charge on any atom is 0.244 e. The van der Waals surface area contributed by atoms with Gasteiger partial charge < -0.3 is 24.6 Å². The molecule has 1 aliphatic rings. The number of carbonyl (C=O) groups is 2. The maximum atomic E-state index is 12.4. The summed E-state index contributed by atoms with van der Waals surface area (Å²) in [6.07, 6.45) is 2.96. The second-order valence-corrected chi connectivity index (χ2v) is 7.40. The van der Waals surface area contributed by atoms with Gasteiger partial charge in [-0.15, -0.1) is 0 Å². The number of benzene rings is 2. The number of rotatable bonds is 7. The molecular formula is C23H26ClN3O4. The highest BCUT2D eigenvalue weighted by atomic mass is 35.5. The molecule has 2 amide bonds. The number of amides is 2. The lowest BCUT2D eigenvalue weighted by atomic mass is 10.2. The minimum Gasteiger partial charge on any atom is -0.493 e. The summed E-state index contributed by atoms with van der Waals surface area (Å²) in [7, 11) is 3.02. The molecule has 2 aromatic rings. The minimum atomic E-state index is -0.359. The second kappa shape index (κ2) is 10.7. The highest BCUT2D eigenvalue weighted by Gasteiger charge is 2.21. The Morgan fingerprint density at radius 3 is 2.42 bits per heavy atom. The van der Waals surface area contributed by atoms with E-state index in [1.54, 1.807) is 23.1 Å². The number of anilines is 1. The first-order valence-corrected chi connectivity index (χ1v) is 10.3. The molecule has 0 atom stereocenters. The number of carbonyl (C=O) groups excluding carboxylic acids is 2. The smallest absolute Gasteiger partial charge is 0.244 e. The number of hydrogen-bond donors (Lipinski definition) is 1. The van der Waals surface area contributed by atoms with Crippen LogP contribution < -0.4 is 19.7 Å². The van der Waals surface area contributed by atoms with Gasteiger partial charge in [0.05, 0.1) is 25.8 Å². The van der Waals surface area contributed by atoms with Crippen molar-refractivity contribution in [3.63, 3.8) is 0 Å². The molecule has 0 unspecified atom stereocenters. The first-order valence-electron chi connectivity index (χ1n) is 9.97. The van der Waals surface area contributed by atoms with Crippen LogP contribution in [0.4, 0.5) is 5.69 Å². The third-order valence-electron chi connectivity index (χ3n) is 5.05. The third kappa shape index (κ3) is 5.92. The molecule has 0 spiro atoms. The third-order valence-corrected chi connectivity index (χ3v) is 5.33. The molecule has 1 aliphatic heterocycles. The number of nitrogens with zero attached hydrogens (tertiary/aromatic N) is 2. The van der Waals surface area contributed by atoms with Crippen LogP contribution in [-0.4, -0.2) is 63.7 Å². The Balaban J connectivity index is 1.47. The van der Waals surface area contributed by atoms with E-state index >= 15 is 0 Å². The molecule has 1 fully saturated rings.